The normalized spacial score (nSPS) is 13.7. The third-order valence-corrected chi connectivity index (χ3v) is 2.33. The molecule has 0 saturated carbocycles. The van der Waals surface area contributed by atoms with E-state index >= 15 is 0 Å². The molecule has 0 unspecified atom stereocenters. The Labute approximate surface area is 89.8 Å². The van der Waals surface area contributed by atoms with Gasteiger partial charge >= 0.3 is 5.97 Å². The van der Waals surface area contributed by atoms with Gasteiger partial charge in [-0.15, -0.1) is 0 Å². The molecule has 6 heteroatoms. The van der Waals surface area contributed by atoms with Crippen LogP contribution in [0.2, 0.25) is 5.02 Å². The molecule has 0 fully saturated rings. The quantitative estimate of drug-likeness (QED) is 0.765. The molecule has 15 heavy (non-hydrogen) atoms. The lowest BCUT2D eigenvalue weighted by molar-refractivity contribution is 0.0692. The summed E-state index contributed by atoms with van der Waals surface area (Å²) < 4.78 is 10.3. The fourth-order valence-electron chi connectivity index (χ4n) is 1.30. The second kappa shape index (κ2) is 3.51. The molecular formula is C9H7ClO5. The van der Waals surface area contributed by atoms with E-state index < -0.39 is 11.7 Å². The van der Waals surface area contributed by atoms with Gasteiger partial charge in [0.1, 0.15) is 23.8 Å². The van der Waals surface area contributed by atoms with Crippen molar-refractivity contribution < 1.29 is 24.5 Å². The summed E-state index contributed by atoms with van der Waals surface area (Å²) in [7, 11) is 0. The zero-order valence-corrected chi connectivity index (χ0v) is 8.24. The third-order valence-electron chi connectivity index (χ3n) is 1.98. The van der Waals surface area contributed by atoms with Gasteiger partial charge < -0.3 is 19.7 Å². The minimum atomic E-state index is -1.27. The van der Waals surface area contributed by atoms with Gasteiger partial charge in [-0.3, -0.25) is 0 Å². The number of benzene rings is 1. The van der Waals surface area contributed by atoms with Gasteiger partial charge in [0, 0.05) is 6.07 Å². The Morgan fingerprint density at radius 3 is 2.73 bits per heavy atom. The minimum Gasteiger partial charge on any atom is -0.505 e. The molecule has 0 aromatic heterocycles. The molecule has 1 aliphatic rings. The number of rotatable bonds is 1. The first-order chi connectivity index (χ1) is 7.11. The molecule has 0 spiro atoms. The third kappa shape index (κ3) is 1.55. The van der Waals surface area contributed by atoms with Gasteiger partial charge in [0.15, 0.2) is 17.2 Å². The standard InChI is InChI=1S/C9H7ClO5/c10-6-7(11)4(9(12)13)3-5-8(6)15-2-1-14-5/h3,11H,1-2H2,(H,12,13). The molecule has 2 N–H and O–H groups in total. The van der Waals surface area contributed by atoms with Crippen LogP contribution in [0.15, 0.2) is 6.07 Å². The van der Waals surface area contributed by atoms with E-state index in [0.29, 0.717) is 13.2 Å². The molecule has 1 heterocycles. The van der Waals surface area contributed by atoms with E-state index in [2.05, 4.69) is 0 Å². The number of carbonyl (C=O) groups is 1. The van der Waals surface area contributed by atoms with Crippen LogP contribution in [0.1, 0.15) is 10.4 Å². The average Bonchev–Trinajstić information content (AvgIpc) is 2.23. The van der Waals surface area contributed by atoms with Gasteiger partial charge in [-0.1, -0.05) is 11.6 Å². The summed E-state index contributed by atoms with van der Waals surface area (Å²) in [4.78, 5) is 10.7. The second-order valence-corrected chi connectivity index (χ2v) is 3.29. The summed E-state index contributed by atoms with van der Waals surface area (Å²) in [6.07, 6.45) is 0. The van der Waals surface area contributed by atoms with Crippen molar-refractivity contribution in [1.29, 1.82) is 0 Å². The van der Waals surface area contributed by atoms with Crippen molar-refractivity contribution >= 4 is 17.6 Å². The van der Waals surface area contributed by atoms with Crippen LogP contribution in [0.4, 0.5) is 0 Å². The smallest absolute Gasteiger partial charge is 0.339 e. The fourth-order valence-corrected chi connectivity index (χ4v) is 1.55. The molecule has 1 aliphatic heterocycles. The van der Waals surface area contributed by atoms with Crippen LogP contribution in [0.25, 0.3) is 0 Å². The Kier molecular flexibility index (Phi) is 2.32. The number of hydrogen-bond acceptors (Lipinski definition) is 4. The lowest BCUT2D eigenvalue weighted by atomic mass is 10.1. The lowest BCUT2D eigenvalue weighted by Gasteiger charge is -2.20. The maximum atomic E-state index is 10.7. The Hall–Kier alpha value is -1.62. The zero-order chi connectivity index (χ0) is 11.0. The number of carboxylic acid groups (broad SMARTS) is 1. The Morgan fingerprint density at radius 1 is 1.40 bits per heavy atom. The first-order valence-corrected chi connectivity index (χ1v) is 4.53. The van der Waals surface area contributed by atoms with Crippen molar-refractivity contribution in [1.82, 2.24) is 0 Å². The molecule has 0 atom stereocenters. The molecule has 80 valence electrons. The van der Waals surface area contributed by atoms with Crippen molar-refractivity contribution in [3.63, 3.8) is 0 Å². The lowest BCUT2D eigenvalue weighted by Crippen LogP contribution is -2.16. The number of hydrogen-bond donors (Lipinski definition) is 2. The Morgan fingerprint density at radius 2 is 2.07 bits per heavy atom. The monoisotopic (exact) mass is 230 g/mol. The van der Waals surface area contributed by atoms with Crippen molar-refractivity contribution in [2.75, 3.05) is 13.2 Å². The molecular weight excluding hydrogens is 224 g/mol. The molecule has 0 bridgehead atoms. The molecule has 2 rings (SSSR count). The van der Waals surface area contributed by atoms with Gasteiger partial charge in [0.2, 0.25) is 0 Å². The van der Waals surface area contributed by atoms with E-state index in [1.165, 1.54) is 6.07 Å². The highest BCUT2D eigenvalue weighted by atomic mass is 35.5. The van der Waals surface area contributed by atoms with Gasteiger partial charge in [0.05, 0.1) is 0 Å². The number of phenols is 1. The Balaban J connectivity index is 2.63. The first-order valence-electron chi connectivity index (χ1n) is 4.15. The first kappa shape index (κ1) is 9.92. The van der Waals surface area contributed by atoms with Gasteiger partial charge in [-0.2, -0.15) is 0 Å². The van der Waals surface area contributed by atoms with Crippen LogP contribution in [-0.2, 0) is 0 Å². The maximum Gasteiger partial charge on any atom is 0.339 e. The van der Waals surface area contributed by atoms with Crippen molar-refractivity contribution in [3.8, 4) is 17.2 Å². The van der Waals surface area contributed by atoms with Crippen LogP contribution in [0, 0.1) is 0 Å². The van der Waals surface area contributed by atoms with E-state index in [0.717, 1.165) is 0 Å². The summed E-state index contributed by atoms with van der Waals surface area (Å²) in [5.41, 5.74) is -0.302. The van der Waals surface area contributed by atoms with Crippen LogP contribution in [-0.4, -0.2) is 29.4 Å². The SMILES string of the molecule is O=C(O)c1cc2c(c(Cl)c1O)OCCO2. The summed E-state index contributed by atoms with van der Waals surface area (Å²) in [6.45, 7) is 0.645. The van der Waals surface area contributed by atoms with Crippen LogP contribution < -0.4 is 9.47 Å². The highest BCUT2D eigenvalue weighted by Crippen LogP contribution is 2.44. The van der Waals surface area contributed by atoms with Crippen LogP contribution in [0.5, 0.6) is 17.2 Å². The summed E-state index contributed by atoms with van der Waals surface area (Å²) in [5.74, 6) is -1.35. The van der Waals surface area contributed by atoms with Gasteiger partial charge in [-0.25, -0.2) is 4.79 Å². The second-order valence-electron chi connectivity index (χ2n) is 2.92. The van der Waals surface area contributed by atoms with Gasteiger partial charge in [0.25, 0.3) is 0 Å². The van der Waals surface area contributed by atoms with E-state index in [1.54, 1.807) is 0 Å². The molecule has 0 radical (unpaired) electrons. The van der Waals surface area contributed by atoms with Gasteiger partial charge in [-0.05, 0) is 0 Å². The largest absolute Gasteiger partial charge is 0.505 e. The number of carboxylic acids is 1. The van der Waals surface area contributed by atoms with Crippen LogP contribution >= 0.6 is 11.6 Å². The topological polar surface area (TPSA) is 76.0 Å². The molecule has 0 amide bonds. The van der Waals surface area contributed by atoms with Crippen LogP contribution in [0.3, 0.4) is 0 Å². The predicted molar refractivity (Wildman–Crippen MR) is 51.1 cm³/mol. The highest BCUT2D eigenvalue weighted by molar-refractivity contribution is 6.34. The van der Waals surface area contributed by atoms with E-state index in [4.69, 9.17) is 26.2 Å². The maximum absolute atomic E-state index is 10.7. The molecule has 5 nitrogen and oxygen atoms in total. The average molecular weight is 231 g/mol. The highest BCUT2D eigenvalue weighted by Gasteiger charge is 2.24. The zero-order valence-electron chi connectivity index (χ0n) is 7.49. The summed E-state index contributed by atoms with van der Waals surface area (Å²) in [6, 6.07) is 1.19. The minimum absolute atomic E-state index is 0.135. The molecule has 0 saturated heterocycles. The van der Waals surface area contributed by atoms with Crippen molar-refractivity contribution in [3.05, 3.63) is 16.7 Å². The van der Waals surface area contributed by atoms with Crippen molar-refractivity contribution in [2.45, 2.75) is 0 Å². The molecule has 0 aliphatic carbocycles. The molecule has 1 aromatic rings. The summed E-state index contributed by atoms with van der Waals surface area (Å²) in [5, 5.41) is 18.1. The Bertz CT molecular complexity index is 429. The number of fused-ring (bicyclic) bond motifs is 1. The van der Waals surface area contributed by atoms with E-state index in [9.17, 15) is 9.90 Å². The number of aromatic carboxylic acids is 1. The van der Waals surface area contributed by atoms with E-state index in [1.807, 2.05) is 0 Å². The number of halogens is 1. The van der Waals surface area contributed by atoms with Crippen molar-refractivity contribution in [2.24, 2.45) is 0 Å². The van der Waals surface area contributed by atoms with E-state index in [-0.39, 0.29) is 22.1 Å². The fraction of sp³-hybridized carbons (Fsp3) is 0.222. The number of ether oxygens (including phenoxy) is 2. The summed E-state index contributed by atoms with van der Waals surface area (Å²) >= 11 is 5.74. The predicted octanol–water partition coefficient (Wildman–Crippen LogP) is 1.51. The molecule has 1 aromatic carbocycles. The number of aromatic hydroxyl groups is 1.